The van der Waals surface area contributed by atoms with Gasteiger partial charge in [0.25, 0.3) is 0 Å². The lowest BCUT2D eigenvalue weighted by Gasteiger charge is -2.30. The average Bonchev–Trinajstić information content (AvgIpc) is 2.49. The number of halogens is 2. The summed E-state index contributed by atoms with van der Waals surface area (Å²) in [4.78, 5) is 0. The lowest BCUT2D eigenvalue weighted by molar-refractivity contribution is 0.0655. The normalized spacial score (nSPS) is 20.6. The number of hydrogen-bond donors (Lipinski definition) is 1. The highest BCUT2D eigenvalue weighted by Gasteiger charge is 2.30. The third-order valence-corrected chi connectivity index (χ3v) is 4.45. The lowest BCUT2D eigenvalue weighted by Crippen LogP contribution is -2.19. The Bertz CT molecular complexity index is 673. The number of fused-ring (bicyclic) bond motifs is 1. The van der Waals surface area contributed by atoms with E-state index in [1.165, 1.54) is 0 Å². The molecule has 1 heterocycles. The number of benzene rings is 2. The van der Waals surface area contributed by atoms with Crippen molar-refractivity contribution in [2.24, 2.45) is 0 Å². The van der Waals surface area contributed by atoms with Gasteiger partial charge in [0.15, 0.2) is 0 Å². The van der Waals surface area contributed by atoms with Crippen molar-refractivity contribution in [2.45, 2.75) is 18.6 Å². The molecule has 0 aromatic heterocycles. The van der Waals surface area contributed by atoms with E-state index in [4.69, 9.17) is 32.7 Å². The molecule has 5 heteroatoms. The molecule has 0 saturated heterocycles. The van der Waals surface area contributed by atoms with Gasteiger partial charge < -0.3 is 14.6 Å². The molecule has 110 valence electrons. The van der Waals surface area contributed by atoms with Crippen LogP contribution in [0.25, 0.3) is 0 Å². The lowest BCUT2D eigenvalue weighted by atomic mass is 9.95. The monoisotopic (exact) mass is 324 g/mol. The first-order valence-electron chi connectivity index (χ1n) is 6.56. The Labute approximate surface area is 133 Å². The molecule has 21 heavy (non-hydrogen) atoms. The summed E-state index contributed by atoms with van der Waals surface area (Å²) in [6.07, 6.45) is -0.523. The molecule has 0 fully saturated rings. The average molecular weight is 325 g/mol. The van der Waals surface area contributed by atoms with Gasteiger partial charge in [-0.2, -0.15) is 0 Å². The molecular formula is C16H14Cl2O3. The molecule has 1 unspecified atom stereocenters. The molecule has 3 rings (SSSR count). The summed E-state index contributed by atoms with van der Waals surface area (Å²) in [5.74, 6) is 1.29. The fourth-order valence-corrected chi connectivity index (χ4v) is 2.94. The van der Waals surface area contributed by atoms with Crippen molar-refractivity contribution in [3.8, 4) is 11.5 Å². The van der Waals surface area contributed by atoms with E-state index in [0.29, 0.717) is 28.0 Å². The standard InChI is InChI=1S/C16H14Cl2O3/c1-20-9-5-6-10-13(19)8-15(21-14(10)7-9)11-3-2-4-12(17)16(11)18/h2-7,13,15,19H,8H2,1H3/t13-,15?/m1/s1. The number of aliphatic hydroxyl groups is 1. The van der Waals surface area contributed by atoms with Crippen LogP contribution in [0.1, 0.15) is 29.8 Å². The highest BCUT2D eigenvalue weighted by Crippen LogP contribution is 2.44. The molecule has 0 radical (unpaired) electrons. The molecule has 2 aromatic carbocycles. The Balaban J connectivity index is 1.99. The SMILES string of the molecule is COc1ccc2c(c1)OC(c1cccc(Cl)c1Cl)C[C@H]2O. The van der Waals surface area contributed by atoms with E-state index < -0.39 is 6.10 Å². The predicted octanol–water partition coefficient (Wildman–Crippen LogP) is 4.56. The van der Waals surface area contributed by atoms with Crippen molar-refractivity contribution < 1.29 is 14.6 Å². The Morgan fingerprint density at radius 3 is 2.76 bits per heavy atom. The van der Waals surface area contributed by atoms with Crippen molar-refractivity contribution in [3.05, 3.63) is 57.6 Å². The molecule has 0 saturated carbocycles. The van der Waals surface area contributed by atoms with E-state index in [9.17, 15) is 5.11 Å². The summed E-state index contributed by atoms with van der Waals surface area (Å²) in [6, 6.07) is 10.8. The number of ether oxygens (including phenoxy) is 2. The number of methoxy groups -OCH3 is 1. The minimum atomic E-state index is -0.611. The molecule has 3 nitrogen and oxygen atoms in total. The fraction of sp³-hybridized carbons (Fsp3) is 0.250. The Hall–Kier alpha value is -1.42. The van der Waals surface area contributed by atoms with Crippen LogP contribution >= 0.6 is 23.2 Å². The Morgan fingerprint density at radius 2 is 2.00 bits per heavy atom. The molecule has 1 N–H and O–H groups in total. The Morgan fingerprint density at radius 1 is 1.19 bits per heavy atom. The first kappa shape index (κ1) is 14.5. The van der Waals surface area contributed by atoms with E-state index in [1.54, 1.807) is 25.3 Å². The molecule has 2 atom stereocenters. The topological polar surface area (TPSA) is 38.7 Å². The largest absolute Gasteiger partial charge is 0.497 e. The van der Waals surface area contributed by atoms with Gasteiger partial charge in [0.05, 0.1) is 23.3 Å². The third-order valence-electron chi connectivity index (χ3n) is 3.61. The van der Waals surface area contributed by atoms with Crippen LogP contribution in [0, 0.1) is 0 Å². The maximum absolute atomic E-state index is 10.3. The molecule has 1 aliphatic rings. The van der Waals surface area contributed by atoms with Crippen molar-refractivity contribution in [3.63, 3.8) is 0 Å². The van der Waals surface area contributed by atoms with Crippen LogP contribution < -0.4 is 9.47 Å². The Kier molecular flexibility index (Phi) is 3.98. The number of hydrogen-bond acceptors (Lipinski definition) is 3. The van der Waals surface area contributed by atoms with Gasteiger partial charge >= 0.3 is 0 Å². The minimum Gasteiger partial charge on any atom is -0.497 e. The zero-order valence-corrected chi connectivity index (χ0v) is 12.9. The second kappa shape index (κ2) is 5.76. The van der Waals surface area contributed by atoms with Gasteiger partial charge in [-0.1, -0.05) is 35.3 Å². The van der Waals surface area contributed by atoms with Crippen LogP contribution in [0.5, 0.6) is 11.5 Å². The summed E-state index contributed by atoms with van der Waals surface area (Å²) < 4.78 is 11.2. The minimum absolute atomic E-state index is 0.342. The van der Waals surface area contributed by atoms with E-state index in [0.717, 1.165) is 11.1 Å². The maximum Gasteiger partial charge on any atom is 0.129 e. The van der Waals surface area contributed by atoms with E-state index >= 15 is 0 Å². The van der Waals surface area contributed by atoms with Crippen LogP contribution in [-0.2, 0) is 0 Å². The third kappa shape index (κ3) is 2.69. The summed E-state index contributed by atoms with van der Waals surface area (Å²) in [7, 11) is 1.59. The predicted molar refractivity (Wildman–Crippen MR) is 82.4 cm³/mol. The van der Waals surface area contributed by atoms with Crippen LogP contribution in [0.2, 0.25) is 10.0 Å². The summed E-state index contributed by atoms with van der Waals surface area (Å²) in [5.41, 5.74) is 1.53. The first-order chi connectivity index (χ1) is 10.1. The fourth-order valence-electron chi connectivity index (χ4n) is 2.51. The summed E-state index contributed by atoms with van der Waals surface area (Å²) in [6.45, 7) is 0. The van der Waals surface area contributed by atoms with Gasteiger partial charge in [-0.3, -0.25) is 0 Å². The van der Waals surface area contributed by atoms with Crippen LogP contribution in [0.15, 0.2) is 36.4 Å². The van der Waals surface area contributed by atoms with Gasteiger partial charge in [0.2, 0.25) is 0 Å². The second-order valence-corrected chi connectivity index (χ2v) is 5.69. The van der Waals surface area contributed by atoms with Gasteiger partial charge in [0.1, 0.15) is 17.6 Å². The maximum atomic E-state index is 10.3. The van der Waals surface area contributed by atoms with Crippen molar-refractivity contribution in [2.75, 3.05) is 7.11 Å². The van der Waals surface area contributed by atoms with Gasteiger partial charge in [-0.25, -0.2) is 0 Å². The van der Waals surface area contributed by atoms with Gasteiger partial charge in [-0.05, 0) is 18.2 Å². The van der Waals surface area contributed by atoms with Crippen LogP contribution in [-0.4, -0.2) is 12.2 Å². The zero-order chi connectivity index (χ0) is 15.0. The molecule has 0 amide bonds. The van der Waals surface area contributed by atoms with E-state index in [1.807, 2.05) is 18.2 Å². The van der Waals surface area contributed by atoms with Crippen molar-refractivity contribution >= 4 is 23.2 Å². The second-order valence-electron chi connectivity index (χ2n) is 4.90. The van der Waals surface area contributed by atoms with E-state index in [-0.39, 0.29) is 6.10 Å². The molecular weight excluding hydrogens is 311 g/mol. The van der Waals surface area contributed by atoms with Crippen molar-refractivity contribution in [1.82, 2.24) is 0 Å². The zero-order valence-electron chi connectivity index (χ0n) is 11.3. The first-order valence-corrected chi connectivity index (χ1v) is 7.32. The summed E-state index contributed by atoms with van der Waals surface area (Å²) >= 11 is 12.3. The molecule has 0 spiro atoms. The number of aliphatic hydroxyl groups excluding tert-OH is 1. The molecule has 0 bridgehead atoms. The highest BCUT2D eigenvalue weighted by molar-refractivity contribution is 6.42. The number of rotatable bonds is 2. The van der Waals surface area contributed by atoms with Crippen LogP contribution in [0.4, 0.5) is 0 Å². The smallest absolute Gasteiger partial charge is 0.129 e. The van der Waals surface area contributed by atoms with E-state index in [2.05, 4.69) is 0 Å². The quantitative estimate of drug-likeness (QED) is 0.880. The molecule has 2 aromatic rings. The van der Waals surface area contributed by atoms with Crippen molar-refractivity contribution in [1.29, 1.82) is 0 Å². The van der Waals surface area contributed by atoms with Crippen LogP contribution in [0.3, 0.4) is 0 Å². The molecule has 1 aliphatic heterocycles. The molecule has 0 aliphatic carbocycles. The summed E-state index contributed by atoms with van der Waals surface area (Å²) in [5, 5.41) is 11.3. The van der Waals surface area contributed by atoms with Gasteiger partial charge in [-0.15, -0.1) is 0 Å². The highest BCUT2D eigenvalue weighted by atomic mass is 35.5. The van der Waals surface area contributed by atoms with Gasteiger partial charge in [0, 0.05) is 23.6 Å².